The second-order valence-corrected chi connectivity index (χ2v) is 7.32. The Labute approximate surface area is 172 Å². The van der Waals surface area contributed by atoms with Gasteiger partial charge in [0.25, 0.3) is 0 Å². The molecule has 4 rings (SSSR count). The van der Waals surface area contributed by atoms with E-state index in [4.69, 9.17) is 9.15 Å². The summed E-state index contributed by atoms with van der Waals surface area (Å²) in [5.74, 6) is 1.25. The van der Waals surface area contributed by atoms with E-state index in [9.17, 15) is 9.18 Å². The average Bonchev–Trinajstić information content (AvgIpc) is 3.36. The summed E-state index contributed by atoms with van der Waals surface area (Å²) >= 11 is 0. The molecule has 1 aliphatic heterocycles. The molecular weight excluding hydrogens is 391 g/mol. The summed E-state index contributed by atoms with van der Waals surface area (Å²) in [4.78, 5) is 22.4. The molecule has 9 nitrogen and oxygen atoms in total. The van der Waals surface area contributed by atoms with Gasteiger partial charge < -0.3 is 14.5 Å². The van der Waals surface area contributed by atoms with Gasteiger partial charge >= 0.3 is 6.09 Å². The van der Waals surface area contributed by atoms with Gasteiger partial charge in [-0.1, -0.05) is 13.8 Å². The molecule has 1 aromatic carbocycles. The molecule has 0 saturated carbocycles. The van der Waals surface area contributed by atoms with Crippen molar-refractivity contribution >= 4 is 17.9 Å². The molecule has 30 heavy (non-hydrogen) atoms. The number of hydrogen-bond acceptors (Lipinski definition) is 8. The number of anilines is 2. The third kappa shape index (κ3) is 3.93. The highest BCUT2D eigenvalue weighted by Gasteiger charge is 2.37. The van der Waals surface area contributed by atoms with Crippen molar-refractivity contribution < 1.29 is 18.3 Å². The Morgan fingerprint density at radius 1 is 1.17 bits per heavy atom. The van der Waals surface area contributed by atoms with Crippen LogP contribution in [-0.4, -0.2) is 38.9 Å². The molecule has 3 heterocycles. The van der Waals surface area contributed by atoms with Gasteiger partial charge in [0.1, 0.15) is 24.3 Å². The van der Waals surface area contributed by atoms with Gasteiger partial charge in [-0.05, 0) is 43.2 Å². The molecule has 2 aromatic heterocycles. The fraction of sp³-hybridized carbons (Fsp3) is 0.350. The van der Waals surface area contributed by atoms with E-state index >= 15 is 0 Å². The summed E-state index contributed by atoms with van der Waals surface area (Å²) in [6, 6.07) is 6.97. The second kappa shape index (κ2) is 8.05. The van der Waals surface area contributed by atoms with Gasteiger partial charge in [0.2, 0.25) is 17.7 Å². The zero-order valence-corrected chi connectivity index (χ0v) is 16.7. The van der Waals surface area contributed by atoms with E-state index in [0.717, 1.165) is 0 Å². The van der Waals surface area contributed by atoms with Crippen molar-refractivity contribution in [2.45, 2.75) is 32.9 Å². The Morgan fingerprint density at radius 3 is 2.67 bits per heavy atom. The van der Waals surface area contributed by atoms with Crippen LogP contribution in [-0.2, 0) is 4.74 Å². The second-order valence-electron chi connectivity index (χ2n) is 7.32. The van der Waals surface area contributed by atoms with E-state index in [0.29, 0.717) is 29.8 Å². The third-order valence-corrected chi connectivity index (χ3v) is 4.81. The predicted molar refractivity (Wildman–Crippen MR) is 106 cm³/mol. The van der Waals surface area contributed by atoms with E-state index in [1.807, 2.05) is 20.8 Å². The molecule has 3 aromatic rings. The molecule has 10 heteroatoms. The quantitative estimate of drug-likeness (QED) is 0.651. The number of carbonyl (C=O) groups excluding carboxylic acids is 1. The van der Waals surface area contributed by atoms with Crippen LogP contribution in [0.25, 0.3) is 11.5 Å². The maximum absolute atomic E-state index is 13.1. The number of ether oxygens (including phenoxy) is 1. The van der Waals surface area contributed by atoms with Crippen LogP contribution < -0.4 is 10.2 Å². The van der Waals surface area contributed by atoms with Crippen LogP contribution >= 0.6 is 0 Å². The maximum atomic E-state index is 13.1. The van der Waals surface area contributed by atoms with E-state index in [2.05, 4.69) is 25.5 Å². The van der Waals surface area contributed by atoms with Crippen LogP contribution in [0.1, 0.15) is 32.7 Å². The number of nitrogens with zero attached hydrogens (tertiary/aromatic N) is 5. The SMILES string of the molecule is CC(Nc1nccc(N2C(=O)OC[C@@H]2C(C)C)n1)c1nnc(-c2ccc(F)cc2)o1. The molecular formula is C20H21FN6O3. The van der Waals surface area contributed by atoms with Crippen LogP contribution in [0.15, 0.2) is 40.9 Å². The van der Waals surface area contributed by atoms with Crippen molar-refractivity contribution in [3.05, 3.63) is 48.2 Å². The van der Waals surface area contributed by atoms with Crippen LogP contribution in [0.4, 0.5) is 21.0 Å². The van der Waals surface area contributed by atoms with Gasteiger partial charge in [0, 0.05) is 11.8 Å². The molecule has 1 amide bonds. The number of cyclic esters (lactones) is 1. The number of benzene rings is 1. The fourth-order valence-electron chi connectivity index (χ4n) is 3.12. The molecule has 1 aliphatic rings. The maximum Gasteiger partial charge on any atom is 0.415 e. The summed E-state index contributed by atoms with van der Waals surface area (Å²) in [7, 11) is 0. The topological polar surface area (TPSA) is 106 Å². The molecule has 156 valence electrons. The van der Waals surface area contributed by atoms with Crippen LogP contribution in [0.5, 0.6) is 0 Å². The molecule has 1 fully saturated rings. The lowest BCUT2D eigenvalue weighted by Gasteiger charge is -2.23. The van der Waals surface area contributed by atoms with Gasteiger partial charge in [0.15, 0.2) is 0 Å². The first-order valence-corrected chi connectivity index (χ1v) is 9.57. The Balaban J connectivity index is 1.50. The highest BCUT2D eigenvalue weighted by Crippen LogP contribution is 2.27. The average molecular weight is 412 g/mol. The number of halogens is 1. The van der Waals surface area contributed by atoms with Gasteiger partial charge in [-0.25, -0.2) is 14.2 Å². The van der Waals surface area contributed by atoms with Gasteiger partial charge in [-0.2, -0.15) is 4.98 Å². The number of rotatable bonds is 6. The normalized spacial score (nSPS) is 17.3. The highest BCUT2D eigenvalue weighted by molar-refractivity contribution is 5.89. The largest absolute Gasteiger partial charge is 0.447 e. The minimum atomic E-state index is -0.424. The van der Waals surface area contributed by atoms with Crippen molar-refractivity contribution in [1.82, 2.24) is 20.2 Å². The lowest BCUT2D eigenvalue weighted by atomic mass is 10.0. The molecule has 0 aliphatic carbocycles. The lowest BCUT2D eigenvalue weighted by molar-refractivity contribution is 0.177. The number of amides is 1. The standard InChI is InChI=1S/C20H21FN6O3/c1-11(2)15-10-29-20(28)27(15)16-8-9-22-19(24-16)23-12(3)17-25-26-18(30-17)13-4-6-14(21)7-5-13/h4-9,11-12,15H,10H2,1-3H3,(H,22,23,24)/t12?,15-/m1/s1. The third-order valence-electron chi connectivity index (χ3n) is 4.81. The first-order chi connectivity index (χ1) is 14.4. The molecule has 0 spiro atoms. The number of carbonyl (C=O) groups is 1. The van der Waals surface area contributed by atoms with Crippen LogP contribution in [0.2, 0.25) is 0 Å². The molecule has 1 unspecified atom stereocenters. The predicted octanol–water partition coefficient (Wildman–Crippen LogP) is 3.82. The molecule has 1 saturated heterocycles. The minimum Gasteiger partial charge on any atom is -0.447 e. The summed E-state index contributed by atoms with van der Waals surface area (Å²) < 4.78 is 24.0. The smallest absolute Gasteiger partial charge is 0.415 e. The number of nitrogens with one attached hydrogen (secondary N) is 1. The Kier molecular flexibility index (Phi) is 5.30. The Hall–Kier alpha value is -3.56. The monoisotopic (exact) mass is 412 g/mol. The van der Waals surface area contributed by atoms with Crippen LogP contribution in [0, 0.1) is 11.7 Å². The van der Waals surface area contributed by atoms with E-state index in [-0.39, 0.29) is 23.7 Å². The Morgan fingerprint density at radius 2 is 1.93 bits per heavy atom. The van der Waals surface area contributed by atoms with E-state index in [1.54, 1.807) is 29.3 Å². The van der Waals surface area contributed by atoms with Crippen molar-refractivity contribution in [3.63, 3.8) is 0 Å². The molecule has 0 bridgehead atoms. The number of hydrogen-bond donors (Lipinski definition) is 1. The lowest BCUT2D eigenvalue weighted by Crippen LogP contribution is -2.37. The van der Waals surface area contributed by atoms with Crippen molar-refractivity contribution in [2.24, 2.45) is 5.92 Å². The fourth-order valence-corrected chi connectivity index (χ4v) is 3.12. The van der Waals surface area contributed by atoms with E-state index in [1.165, 1.54) is 12.1 Å². The minimum absolute atomic E-state index is 0.0909. The zero-order chi connectivity index (χ0) is 21.3. The van der Waals surface area contributed by atoms with Crippen molar-refractivity contribution in [2.75, 3.05) is 16.8 Å². The summed E-state index contributed by atoms with van der Waals surface area (Å²) in [6.45, 7) is 6.19. The van der Waals surface area contributed by atoms with Crippen LogP contribution in [0.3, 0.4) is 0 Å². The summed E-state index contributed by atoms with van der Waals surface area (Å²) in [5, 5.41) is 11.2. The first kappa shape index (κ1) is 19.7. The zero-order valence-electron chi connectivity index (χ0n) is 16.7. The van der Waals surface area contributed by atoms with E-state index < -0.39 is 12.1 Å². The molecule has 2 atom stereocenters. The molecule has 1 N–H and O–H groups in total. The van der Waals surface area contributed by atoms with Gasteiger partial charge in [0.05, 0.1) is 6.04 Å². The van der Waals surface area contributed by atoms with Gasteiger partial charge in [-0.3, -0.25) is 4.90 Å². The van der Waals surface area contributed by atoms with Crippen molar-refractivity contribution in [1.29, 1.82) is 0 Å². The molecule has 0 radical (unpaired) electrons. The Bertz CT molecular complexity index is 1040. The van der Waals surface area contributed by atoms with Gasteiger partial charge in [-0.15, -0.1) is 10.2 Å². The summed E-state index contributed by atoms with van der Waals surface area (Å²) in [6.07, 6.45) is 1.14. The highest BCUT2D eigenvalue weighted by atomic mass is 19.1. The van der Waals surface area contributed by atoms with Crippen molar-refractivity contribution in [3.8, 4) is 11.5 Å². The number of aromatic nitrogens is 4. The first-order valence-electron chi connectivity index (χ1n) is 9.57. The summed E-state index contributed by atoms with van der Waals surface area (Å²) in [5.41, 5.74) is 0.618.